The smallest absolute Gasteiger partial charge is 0.346 e. The van der Waals surface area contributed by atoms with Crippen molar-refractivity contribution in [1.82, 2.24) is 0 Å². The van der Waals surface area contributed by atoms with Gasteiger partial charge < -0.3 is 20.1 Å². The number of likely N-dealkylation sites (N-methyl/N-ethyl adjacent to an activating group) is 1. The van der Waals surface area contributed by atoms with E-state index in [0.717, 1.165) is 11.3 Å². The maximum absolute atomic E-state index is 13.9. The van der Waals surface area contributed by atoms with E-state index in [2.05, 4.69) is 5.32 Å². The van der Waals surface area contributed by atoms with Crippen LogP contribution in [-0.4, -0.2) is 37.0 Å². The maximum Gasteiger partial charge on any atom is 0.346 e. The SMILES string of the molecule is COc1ccc(-c2c(C(=O)O)sc3c2NC(=O)CC32C(=O)N(C)c3cc(F)ccc32)cc1. The van der Waals surface area contributed by atoms with Crippen LogP contribution in [0.2, 0.25) is 0 Å². The molecule has 2 aromatic carbocycles. The standard InChI is InChI=1S/C23H17FN2O5S/c1-26-15-9-12(24)5-8-14(15)23(22(26)30)10-16(27)25-18-17(19(21(28)29)32-20(18)23)11-3-6-13(31-2)7-4-11/h3-9H,10H2,1-2H3,(H,25,27)(H,28,29). The lowest BCUT2D eigenvalue weighted by Crippen LogP contribution is -2.45. The second kappa shape index (κ2) is 6.89. The summed E-state index contributed by atoms with van der Waals surface area (Å²) in [6.07, 6.45) is -0.191. The highest BCUT2D eigenvalue weighted by Gasteiger charge is 2.57. The fraction of sp³-hybridized carbons (Fsp3) is 0.174. The summed E-state index contributed by atoms with van der Waals surface area (Å²) in [6.45, 7) is 0. The van der Waals surface area contributed by atoms with E-state index in [9.17, 15) is 23.9 Å². The fourth-order valence-electron chi connectivity index (χ4n) is 4.58. The molecule has 2 N–H and O–H groups in total. The second-order valence-corrected chi connectivity index (χ2v) is 8.72. The summed E-state index contributed by atoms with van der Waals surface area (Å²) in [6, 6.07) is 10.8. The molecule has 32 heavy (non-hydrogen) atoms. The first-order valence-corrected chi connectivity index (χ1v) is 10.5. The average molecular weight is 452 g/mol. The first-order valence-electron chi connectivity index (χ1n) is 9.71. The molecule has 7 nitrogen and oxygen atoms in total. The maximum atomic E-state index is 13.9. The van der Waals surface area contributed by atoms with Crippen molar-refractivity contribution in [2.75, 3.05) is 24.4 Å². The number of rotatable bonds is 3. The van der Waals surface area contributed by atoms with E-state index in [1.807, 2.05) is 0 Å². The molecule has 2 amide bonds. The number of fused-ring (bicyclic) bond motifs is 4. The van der Waals surface area contributed by atoms with E-state index >= 15 is 0 Å². The highest BCUT2D eigenvalue weighted by atomic mass is 32.1. The van der Waals surface area contributed by atoms with Gasteiger partial charge in [-0.3, -0.25) is 9.59 Å². The Balaban J connectivity index is 1.82. The zero-order valence-corrected chi connectivity index (χ0v) is 17.9. The van der Waals surface area contributed by atoms with Gasteiger partial charge in [0.1, 0.15) is 21.9 Å². The molecular formula is C23H17FN2O5S. The van der Waals surface area contributed by atoms with Crippen molar-refractivity contribution in [3.63, 3.8) is 0 Å². The summed E-state index contributed by atoms with van der Waals surface area (Å²) in [7, 11) is 3.05. The van der Waals surface area contributed by atoms with E-state index < -0.39 is 29.0 Å². The third-order valence-corrected chi connectivity index (χ3v) is 7.35. The third kappa shape index (κ3) is 2.61. The van der Waals surface area contributed by atoms with E-state index in [1.54, 1.807) is 24.3 Å². The van der Waals surface area contributed by atoms with E-state index in [1.165, 1.54) is 37.3 Å². The molecule has 0 saturated carbocycles. The van der Waals surface area contributed by atoms with Gasteiger partial charge in [0.2, 0.25) is 11.8 Å². The van der Waals surface area contributed by atoms with Crippen LogP contribution in [0, 0.1) is 5.82 Å². The van der Waals surface area contributed by atoms with E-state index in [4.69, 9.17) is 4.74 Å². The molecule has 1 spiro atoms. The first kappa shape index (κ1) is 20.2. The summed E-state index contributed by atoms with van der Waals surface area (Å²) in [5, 5.41) is 12.7. The van der Waals surface area contributed by atoms with Gasteiger partial charge in [-0.25, -0.2) is 9.18 Å². The van der Waals surface area contributed by atoms with Gasteiger partial charge >= 0.3 is 5.97 Å². The Kier molecular flexibility index (Phi) is 4.35. The van der Waals surface area contributed by atoms with Crippen LogP contribution in [0.15, 0.2) is 42.5 Å². The van der Waals surface area contributed by atoms with Gasteiger partial charge in [-0.05, 0) is 35.4 Å². The van der Waals surface area contributed by atoms with Crippen LogP contribution < -0.4 is 15.0 Å². The molecule has 1 atom stereocenters. The van der Waals surface area contributed by atoms with Gasteiger partial charge in [0.05, 0.1) is 29.8 Å². The molecule has 0 bridgehead atoms. The average Bonchev–Trinajstić information content (AvgIpc) is 3.25. The zero-order chi connectivity index (χ0) is 22.8. The number of ether oxygens (including phenoxy) is 1. The summed E-state index contributed by atoms with van der Waals surface area (Å²) >= 11 is 0.960. The Morgan fingerprint density at radius 2 is 1.94 bits per heavy atom. The molecule has 2 aliphatic heterocycles. The number of amides is 2. The lowest BCUT2D eigenvalue weighted by Gasteiger charge is -2.32. The van der Waals surface area contributed by atoms with Gasteiger partial charge in [-0.1, -0.05) is 18.2 Å². The second-order valence-electron chi connectivity index (χ2n) is 7.70. The minimum Gasteiger partial charge on any atom is -0.497 e. The number of aromatic carboxylic acids is 1. The number of halogens is 1. The Hall–Kier alpha value is -3.72. The van der Waals surface area contributed by atoms with Gasteiger partial charge in [0.15, 0.2) is 0 Å². The number of carbonyl (C=O) groups is 3. The third-order valence-electron chi connectivity index (χ3n) is 6.01. The van der Waals surface area contributed by atoms with Gasteiger partial charge in [-0.2, -0.15) is 0 Å². The van der Waals surface area contributed by atoms with Crippen LogP contribution in [0.1, 0.15) is 26.5 Å². The Bertz CT molecular complexity index is 1320. The summed E-state index contributed by atoms with van der Waals surface area (Å²) in [4.78, 5) is 40.3. The number of benzene rings is 2. The van der Waals surface area contributed by atoms with Crippen molar-refractivity contribution >= 4 is 40.5 Å². The Labute approximate surface area is 186 Å². The Morgan fingerprint density at radius 1 is 1.22 bits per heavy atom. The molecular weight excluding hydrogens is 435 g/mol. The van der Waals surface area contributed by atoms with Crippen molar-refractivity contribution in [3.05, 3.63) is 63.6 Å². The number of hydrogen-bond donors (Lipinski definition) is 2. The first-order chi connectivity index (χ1) is 15.3. The molecule has 1 aromatic heterocycles. The Morgan fingerprint density at radius 3 is 2.59 bits per heavy atom. The van der Waals surface area contributed by atoms with Crippen molar-refractivity contribution < 1.29 is 28.6 Å². The largest absolute Gasteiger partial charge is 0.497 e. The number of carboxylic acid groups (broad SMARTS) is 1. The van der Waals surface area contributed by atoms with Crippen molar-refractivity contribution in [1.29, 1.82) is 0 Å². The van der Waals surface area contributed by atoms with Gasteiger partial charge in [-0.15, -0.1) is 11.3 Å². The predicted molar refractivity (Wildman–Crippen MR) is 117 cm³/mol. The number of nitrogens with zero attached hydrogens (tertiary/aromatic N) is 1. The van der Waals surface area contributed by atoms with Crippen molar-refractivity contribution in [3.8, 4) is 16.9 Å². The number of methoxy groups -OCH3 is 1. The highest BCUT2D eigenvalue weighted by Crippen LogP contribution is 2.57. The van der Waals surface area contributed by atoms with Crippen LogP contribution in [0.5, 0.6) is 5.75 Å². The summed E-state index contributed by atoms with van der Waals surface area (Å²) in [5.41, 5.74) is 0.645. The topological polar surface area (TPSA) is 95.9 Å². The lowest BCUT2D eigenvalue weighted by atomic mass is 9.74. The van der Waals surface area contributed by atoms with E-state index in [-0.39, 0.29) is 11.3 Å². The number of anilines is 2. The number of thiophene rings is 1. The van der Waals surface area contributed by atoms with Crippen LogP contribution in [0.25, 0.3) is 11.1 Å². The fourth-order valence-corrected chi connectivity index (χ4v) is 5.90. The van der Waals surface area contributed by atoms with Gasteiger partial charge in [0, 0.05) is 12.6 Å². The van der Waals surface area contributed by atoms with Crippen LogP contribution >= 0.6 is 11.3 Å². The number of nitrogens with one attached hydrogen (secondary N) is 1. The molecule has 5 rings (SSSR count). The lowest BCUT2D eigenvalue weighted by molar-refractivity contribution is -0.126. The van der Waals surface area contributed by atoms with Crippen molar-refractivity contribution in [2.24, 2.45) is 0 Å². The molecule has 0 fully saturated rings. The van der Waals surface area contributed by atoms with Crippen LogP contribution in [-0.2, 0) is 15.0 Å². The molecule has 1 unspecified atom stereocenters. The molecule has 0 radical (unpaired) electrons. The summed E-state index contributed by atoms with van der Waals surface area (Å²) < 4.78 is 19.1. The van der Waals surface area contributed by atoms with Crippen molar-refractivity contribution in [2.45, 2.75) is 11.8 Å². The normalized spacial score (nSPS) is 19.0. The number of hydrogen-bond acceptors (Lipinski definition) is 5. The van der Waals surface area contributed by atoms with Crippen LogP contribution in [0.4, 0.5) is 15.8 Å². The minimum atomic E-state index is -1.41. The quantitative estimate of drug-likeness (QED) is 0.629. The van der Waals surface area contributed by atoms with Crippen LogP contribution in [0.3, 0.4) is 0 Å². The number of carbonyl (C=O) groups excluding carboxylic acids is 2. The molecule has 9 heteroatoms. The zero-order valence-electron chi connectivity index (χ0n) is 17.1. The molecule has 3 heterocycles. The number of carboxylic acids is 1. The highest BCUT2D eigenvalue weighted by molar-refractivity contribution is 7.15. The molecule has 0 saturated heterocycles. The molecule has 3 aromatic rings. The van der Waals surface area contributed by atoms with Gasteiger partial charge in [0.25, 0.3) is 0 Å². The predicted octanol–water partition coefficient (Wildman–Crippen LogP) is 3.87. The minimum absolute atomic E-state index is 0.00718. The molecule has 2 aliphatic rings. The summed E-state index contributed by atoms with van der Waals surface area (Å²) in [5.74, 6) is -1.89. The molecule has 0 aliphatic carbocycles. The van der Waals surface area contributed by atoms with E-state index in [0.29, 0.717) is 38.7 Å². The molecule has 162 valence electrons. The monoisotopic (exact) mass is 452 g/mol.